The van der Waals surface area contributed by atoms with Crippen molar-refractivity contribution in [2.75, 3.05) is 0 Å². The van der Waals surface area contributed by atoms with Gasteiger partial charge in [-0.05, 0) is 31.5 Å². The van der Waals surface area contributed by atoms with Crippen molar-refractivity contribution in [2.45, 2.75) is 26.5 Å². The zero-order chi connectivity index (χ0) is 11.3. The summed E-state index contributed by atoms with van der Waals surface area (Å²) in [4.78, 5) is 11.2. The highest BCUT2D eigenvalue weighted by Gasteiger charge is 2.05. The first-order chi connectivity index (χ1) is 7.11. The van der Waals surface area contributed by atoms with Crippen LogP contribution in [0.5, 0.6) is 5.75 Å². The lowest BCUT2D eigenvalue weighted by Crippen LogP contribution is -2.32. The molecule has 0 fully saturated rings. The van der Waals surface area contributed by atoms with Gasteiger partial charge in [0, 0.05) is 6.04 Å². The lowest BCUT2D eigenvalue weighted by Gasteiger charge is -2.08. The summed E-state index contributed by atoms with van der Waals surface area (Å²) in [5.41, 5.74) is 0.784. The third-order valence-electron chi connectivity index (χ3n) is 1.72. The van der Waals surface area contributed by atoms with E-state index >= 15 is 0 Å². The summed E-state index contributed by atoms with van der Waals surface area (Å²) in [5, 5.41) is 11.4. The van der Waals surface area contributed by atoms with Gasteiger partial charge in [0.2, 0.25) is 0 Å². The van der Waals surface area contributed by atoms with Crippen molar-refractivity contribution >= 4 is 6.09 Å². The van der Waals surface area contributed by atoms with E-state index in [2.05, 4.69) is 5.32 Å². The van der Waals surface area contributed by atoms with Crippen LogP contribution in [0, 0.1) is 0 Å². The van der Waals surface area contributed by atoms with E-state index in [9.17, 15) is 4.79 Å². The Bertz CT molecular complexity index is 319. The van der Waals surface area contributed by atoms with Gasteiger partial charge in [0.05, 0.1) is 6.61 Å². The Morgan fingerprint density at radius 1 is 1.40 bits per heavy atom. The first kappa shape index (κ1) is 11.5. The number of hydrogen-bond acceptors (Lipinski definition) is 3. The predicted molar refractivity (Wildman–Crippen MR) is 56.7 cm³/mol. The SMILES string of the molecule is CC(C)NC(=O)Oc1ccc(CO)cc1. The monoisotopic (exact) mass is 209 g/mol. The number of rotatable bonds is 3. The second-order valence-electron chi connectivity index (χ2n) is 3.49. The summed E-state index contributed by atoms with van der Waals surface area (Å²) < 4.78 is 4.99. The number of aliphatic hydroxyl groups is 1. The highest BCUT2D eigenvalue weighted by molar-refractivity contribution is 5.70. The number of amides is 1. The molecule has 1 amide bonds. The van der Waals surface area contributed by atoms with Crippen molar-refractivity contribution in [2.24, 2.45) is 0 Å². The molecule has 0 bridgehead atoms. The number of carbonyl (C=O) groups is 1. The Morgan fingerprint density at radius 2 is 2.00 bits per heavy atom. The van der Waals surface area contributed by atoms with E-state index in [1.165, 1.54) is 0 Å². The van der Waals surface area contributed by atoms with E-state index in [1.54, 1.807) is 24.3 Å². The summed E-state index contributed by atoms with van der Waals surface area (Å²) in [5.74, 6) is 0.463. The lowest BCUT2D eigenvalue weighted by molar-refractivity contribution is 0.197. The van der Waals surface area contributed by atoms with E-state index in [1.807, 2.05) is 13.8 Å². The number of ether oxygens (including phenoxy) is 1. The maximum atomic E-state index is 11.2. The fourth-order valence-corrected chi connectivity index (χ4v) is 1.04. The van der Waals surface area contributed by atoms with Crippen LogP contribution in [0.4, 0.5) is 4.79 Å². The van der Waals surface area contributed by atoms with Gasteiger partial charge in [-0.1, -0.05) is 12.1 Å². The molecule has 1 aromatic rings. The molecule has 0 saturated carbocycles. The zero-order valence-corrected chi connectivity index (χ0v) is 8.86. The molecule has 0 atom stereocenters. The standard InChI is InChI=1S/C11H15NO3/c1-8(2)12-11(14)15-10-5-3-9(7-13)4-6-10/h3-6,8,13H,7H2,1-2H3,(H,12,14). The van der Waals surface area contributed by atoms with Crippen LogP contribution in [0.3, 0.4) is 0 Å². The van der Waals surface area contributed by atoms with Gasteiger partial charge in [0.15, 0.2) is 0 Å². The van der Waals surface area contributed by atoms with Crippen LogP contribution in [0.2, 0.25) is 0 Å². The smallest absolute Gasteiger partial charge is 0.410 e. The molecule has 0 radical (unpaired) electrons. The molecule has 0 spiro atoms. The van der Waals surface area contributed by atoms with Gasteiger partial charge in [-0.15, -0.1) is 0 Å². The molecular weight excluding hydrogens is 194 g/mol. The molecule has 2 N–H and O–H groups in total. The second-order valence-corrected chi connectivity index (χ2v) is 3.49. The molecule has 4 heteroatoms. The minimum Gasteiger partial charge on any atom is -0.410 e. The van der Waals surface area contributed by atoms with E-state index in [0.29, 0.717) is 5.75 Å². The van der Waals surface area contributed by atoms with Crippen molar-refractivity contribution in [1.82, 2.24) is 5.32 Å². The van der Waals surface area contributed by atoms with Crippen molar-refractivity contribution in [3.63, 3.8) is 0 Å². The fraction of sp³-hybridized carbons (Fsp3) is 0.364. The quantitative estimate of drug-likeness (QED) is 0.796. The first-order valence-electron chi connectivity index (χ1n) is 4.80. The fourth-order valence-electron chi connectivity index (χ4n) is 1.04. The molecular formula is C11H15NO3. The molecule has 1 rings (SSSR count). The van der Waals surface area contributed by atoms with E-state index < -0.39 is 6.09 Å². The molecule has 15 heavy (non-hydrogen) atoms. The first-order valence-corrected chi connectivity index (χ1v) is 4.80. The summed E-state index contributed by atoms with van der Waals surface area (Å²) in [6, 6.07) is 6.75. The van der Waals surface area contributed by atoms with Gasteiger partial charge < -0.3 is 15.2 Å². The van der Waals surface area contributed by atoms with Crippen LogP contribution in [0.25, 0.3) is 0 Å². The van der Waals surface area contributed by atoms with Crippen LogP contribution in [0.1, 0.15) is 19.4 Å². The number of hydrogen-bond donors (Lipinski definition) is 2. The van der Waals surface area contributed by atoms with Gasteiger partial charge in [-0.25, -0.2) is 4.79 Å². The van der Waals surface area contributed by atoms with Crippen molar-refractivity contribution in [1.29, 1.82) is 0 Å². The number of aliphatic hydroxyl groups excluding tert-OH is 1. The molecule has 0 aliphatic rings. The van der Waals surface area contributed by atoms with Crippen molar-refractivity contribution < 1.29 is 14.6 Å². The normalized spacial score (nSPS) is 10.1. The minimum absolute atomic E-state index is 0.0154. The highest BCUT2D eigenvalue weighted by Crippen LogP contribution is 2.12. The molecule has 1 aromatic carbocycles. The second kappa shape index (κ2) is 5.36. The van der Waals surface area contributed by atoms with Gasteiger partial charge >= 0.3 is 6.09 Å². The zero-order valence-electron chi connectivity index (χ0n) is 8.86. The highest BCUT2D eigenvalue weighted by atomic mass is 16.6. The predicted octanol–water partition coefficient (Wildman–Crippen LogP) is 1.68. The molecule has 0 unspecified atom stereocenters. The topological polar surface area (TPSA) is 58.6 Å². The lowest BCUT2D eigenvalue weighted by atomic mass is 10.2. The molecule has 82 valence electrons. The third-order valence-corrected chi connectivity index (χ3v) is 1.72. The molecule has 0 heterocycles. The summed E-state index contributed by atoms with van der Waals surface area (Å²) >= 11 is 0. The van der Waals surface area contributed by atoms with E-state index in [-0.39, 0.29) is 12.6 Å². The van der Waals surface area contributed by atoms with Crippen LogP contribution in [-0.4, -0.2) is 17.2 Å². The third kappa shape index (κ3) is 3.99. The van der Waals surface area contributed by atoms with Gasteiger partial charge in [-0.2, -0.15) is 0 Å². The maximum absolute atomic E-state index is 11.2. The average molecular weight is 209 g/mol. The Kier molecular flexibility index (Phi) is 4.12. The van der Waals surface area contributed by atoms with Crippen LogP contribution in [0.15, 0.2) is 24.3 Å². The Balaban J connectivity index is 2.53. The molecule has 4 nitrogen and oxygen atoms in total. The number of nitrogens with one attached hydrogen (secondary N) is 1. The number of carbonyl (C=O) groups excluding carboxylic acids is 1. The Hall–Kier alpha value is -1.55. The van der Waals surface area contributed by atoms with Crippen LogP contribution in [-0.2, 0) is 6.61 Å². The van der Waals surface area contributed by atoms with Crippen LogP contribution >= 0.6 is 0 Å². The summed E-state index contributed by atoms with van der Waals surface area (Å²) in [7, 11) is 0. The minimum atomic E-state index is -0.471. The number of benzene rings is 1. The summed E-state index contributed by atoms with van der Waals surface area (Å²) in [6.45, 7) is 3.70. The Labute approximate surface area is 88.9 Å². The van der Waals surface area contributed by atoms with Crippen molar-refractivity contribution in [3.8, 4) is 5.75 Å². The van der Waals surface area contributed by atoms with Crippen LogP contribution < -0.4 is 10.1 Å². The van der Waals surface area contributed by atoms with E-state index in [0.717, 1.165) is 5.56 Å². The van der Waals surface area contributed by atoms with E-state index in [4.69, 9.17) is 9.84 Å². The summed E-state index contributed by atoms with van der Waals surface area (Å²) in [6.07, 6.45) is -0.471. The Morgan fingerprint density at radius 3 is 2.47 bits per heavy atom. The molecule has 0 saturated heterocycles. The average Bonchev–Trinajstić information content (AvgIpc) is 2.17. The molecule has 0 aromatic heterocycles. The van der Waals surface area contributed by atoms with Gasteiger partial charge in [0.1, 0.15) is 5.75 Å². The largest absolute Gasteiger partial charge is 0.412 e. The van der Waals surface area contributed by atoms with Crippen molar-refractivity contribution in [3.05, 3.63) is 29.8 Å². The van der Waals surface area contributed by atoms with Gasteiger partial charge in [0.25, 0.3) is 0 Å². The molecule has 0 aliphatic heterocycles. The maximum Gasteiger partial charge on any atom is 0.412 e. The molecule has 0 aliphatic carbocycles. The van der Waals surface area contributed by atoms with Gasteiger partial charge in [-0.3, -0.25) is 0 Å².